The van der Waals surface area contributed by atoms with Crippen LogP contribution in [-0.2, 0) is 0 Å². The van der Waals surface area contributed by atoms with E-state index < -0.39 is 13.3 Å². The van der Waals surface area contributed by atoms with E-state index in [1.54, 1.807) is 12.1 Å². The first kappa shape index (κ1) is 50.3. The third-order valence-corrected chi connectivity index (χ3v) is 25.2. The van der Waals surface area contributed by atoms with Crippen LogP contribution in [0.25, 0.3) is 105 Å². The third-order valence-electron chi connectivity index (χ3n) is 15.2. The standard InChI is InChI=1S/C73H44GeN8/c1-77-63-39-49(47-75)37-57(42-63)55-32-34-68-65(44-55)66-45-56(58-38-50(48-76)40-64(43-58)78-2)33-35-69(66)82(68)70-36-31-54(46-67(70)73-80-71(51-19-8-3-9-20-51)79-72(81-73)52-21-10-4-11-22-52)53-23-18-30-62(41-53)74(59-24-12-5-13-25-59,60-26-14-6-15-27-60)61-28-16-7-17-29-61/h3-46H. The number of benzene rings is 11. The number of nitrogens with zero attached hydrogens (tertiary/aromatic N) is 8. The van der Waals surface area contributed by atoms with E-state index in [-0.39, 0.29) is 0 Å². The third kappa shape index (κ3) is 9.14. The fourth-order valence-electron chi connectivity index (χ4n) is 11.5. The molecule has 0 radical (unpaired) electrons. The van der Waals surface area contributed by atoms with Gasteiger partial charge in [-0.2, -0.15) is 10.5 Å². The molecule has 82 heavy (non-hydrogen) atoms. The van der Waals surface area contributed by atoms with Crippen LogP contribution in [0.15, 0.2) is 267 Å². The van der Waals surface area contributed by atoms with E-state index in [2.05, 4.69) is 184 Å². The van der Waals surface area contributed by atoms with Crippen LogP contribution in [0.4, 0.5) is 11.4 Å². The number of hydrogen-bond acceptors (Lipinski definition) is 5. The number of hydrogen-bond donors (Lipinski definition) is 0. The molecular weight excluding hydrogens is 1060 g/mol. The Morgan fingerprint density at radius 3 is 1.18 bits per heavy atom. The van der Waals surface area contributed by atoms with E-state index in [1.165, 1.54) is 17.6 Å². The van der Waals surface area contributed by atoms with Crippen molar-refractivity contribution in [1.82, 2.24) is 19.5 Å². The van der Waals surface area contributed by atoms with Crippen molar-refractivity contribution >= 4 is 64.0 Å². The van der Waals surface area contributed by atoms with Gasteiger partial charge in [-0.1, -0.05) is 12.1 Å². The van der Waals surface area contributed by atoms with Crippen LogP contribution in [0.5, 0.6) is 0 Å². The van der Waals surface area contributed by atoms with Gasteiger partial charge in [-0.05, 0) is 47.5 Å². The molecule has 0 aliphatic carbocycles. The Labute approximate surface area is 477 Å². The minimum atomic E-state index is -3.71. The summed E-state index contributed by atoms with van der Waals surface area (Å²) in [6, 6.07) is 96.1. The van der Waals surface area contributed by atoms with Crippen molar-refractivity contribution in [3.63, 3.8) is 0 Å². The second-order valence-corrected chi connectivity index (χ2v) is 28.0. The van der Waals surface area contributed by atoms with E-state index >= 15 is 0 Å². The molecule has 13 rings (SSSR count). The van der Waals surface area contributed by atoms with Crippen molar-refractivity contribution < 1.29 is 0 Å². The quantitative estimate of drug-likeness (QED) is 0.0949. The molecule has 0 saturated carbocycles. The van der Waals surface area contributed by atoms with Gasteiger partial charge in [-0.15, -0.1) is 0 Å². The topological polar surface area (TPSA) is 99.9 Å². The maximum absolute atomic E-state index is 10.0. The van der Waals surface area contributed by atoms with Crippen LogP contribution >= 0.6 is 0 Å². The molecule has 8 nitrogen and oxygen atoms in total. The molecule has 0 spiro atoms. The number of aromatic nitrogens is 4. The number of nitriles is 2. The Morgan fingerprint density at radius 1 is 0.341 bits per heavy atom. The first-order valence-corrected chi connectivity index (χ1v) is 30.9. The largest absolute Gasteiger partial charge is 0.0486 e. The monoisotopic (exact) mass is 1110 g/mol. The predicted molar refractivity (Wildman–Crippen MR) is 332 cm³/mol. The molecule has 13 aromatic rings. The second-order valence-electron chi connectivity index (χ2n) is 20.0. The molecule has 0 N–H and O–H groups in total. The van der Waals surface area contributed by atoms with Crippen molar-refractivity contribution in [2.45, 2.75) is 0 Å². The van der Waals surface area contributed by atoms with E-state index in [0.717, 1.165) is 77.6 Å². The molecule has 2 aromatic heterocycles. The summed E-state index contributed by atoms with van der Waals surface area (Å²) in [6.45, 7) is 15.7. The van der Waals surface area contributed by atoms with Gasteiger partial charge in [0.15, 0.2) is 11.4 Å². The van der Waals surface area contributed by atoms with Gasteiger partial charge in [-0.25, -0.2) is 9.69 Å². The Hall–Kier alpha value is -11.3. The van der Waals surface area contributed by atoms with E-state index in [0.29, 0.717) is 40.0 Å². The predicted octanol–water partition coefficient (Wildman–Crippen LogP) is 15.2. The number of rotatable bonds is 11. The first-order chi connectivity index (χ1) is 40.4. The molecular formula is C73H44GeN8. The Kier molecular flexibility index (Phi) is 13.2. The van der Waals surface area contributed by atoms with Crippen molar-refractivity contribution in [2.24, 2.45) is 0 Å². The van der Waals surface area contributed by atoms with Crippen molar-refractivity contribution in [3.8, 4) is 85.4 Å². The van der Waals surface area contributed by atoms with Gasteiger partial charge >= 0.3 is 353 Å². The second kappa shape index (κ2) is 21.5. The van der Waals surface area contributed by atoms with Crippen LogP contribution in [0.1, 0.15) is 11.1 Å². The van der Waals surface area contributed by atoms with E-state index in [9.17, 15) is 10.5 Å². The van der Waals surface area contributed by atoms with Crippen LogP contribution in [0, 0.1) is 35.8 Å². The van der Waals surface area contributed by atoms with Gasteiger partial charge in [0.2, 0.25) is 0 Å². The smallest absolute Gasteiger partial charge is 0.0486 e. The molecule has 0 aliphatic rings. The van der Waals surface area contributed by atoms with Gasteiger partial charge in [0.25, 0.3) is 0 Å². The molecule has 0 saturated heterocycles. The average molecular weight is 1110 g/mol. The first-order valence-electron chi connectivity index (χ1n) is 26.7. The summed E-state index contributed by atoms with van der Waals surface area (Å²) >= 11 is -3.71. The van der Waals surface area contributed by atoms with Crippen LogP contribution in [0.3, 0.4) is 0 Å². The van der Waals surface area contributed by atoms with Crippen LogP contribution < -0.4 is 17.6 Å². The van der Waals surface area contributed by atoms with Crippen molar-refractivity contribution in [1.29, 1.82) is 10.5 Å². The zero-order chi connectivity index (χ0) is 55.6. The van der Waals surface area contributed by atoms with Crippen molar-refractivity contribution in [3.05, 3.63) is 301 Å². The van der Waals surface area contributed by atoms with Crippen molar-refractivity contribution in [2.75, 3.05) is 0 Å². The molecule has 0 fully saturated rings. The normalized spacial score (nSPS) is 11.1. The minimum absolute atomic E-state index is 0.373. The zero-order valence-electron chi connectivity index (χ0n) is 44.0. The molecule has 9 heteroatoms. The van der Waals surface area contributed by atoms with E-state index in [1.807, 2.05) is 97.1 Å². The van der Waals surface area contributed by atoms with Crippen LogP contribution in [-0.4, -0.2) is 32.8 Å². The summed E-state index contributed by atoms with van der Waals surface area (Å²) in [5.41, 5.74) is 11.7. The molecule has 11 aromatic carbocycles. The summed E-state index contributed by atoms with van der Waals surface area (Å²) in [4.78, 5) is 23.3. The maximum Gasteiger partial charge on any atom is -0.0486 e. The summed E-state index contributed by atoms with van der Waals surface area (Å²) in [6.07, 6.45) is 0. The van der Waals surface area contributed by atoms with Crippen LogP contribution in [0.2, 0.25) is 0 Å². The zero-order valence-corrected chi connectivity index (χ0v) is 46.1. The summed E-state index contributed by atoms with van der Waals surface area (Å²) in [5.74, 6) is 1.54. The fourth-order valence-corrected chi connectivity index (χ4v) is 21.5. The average Bonchev–Trinajstić information content (AvgIpc) is 3.79. The SMILES string of the molecule is [C-]#[N+]c1cc(C#N)cc(-c2ccc3c(c2)c2cc(-c4cc(C#N)cc([N+]#[C-])c4)ccc2n3-c2ccc(-c3ccc[c]([Ge]([c]4ccccc4)([c]4ccccc4)[c]4ccccc4)c3)cc2-c2nc(-c3ccccc3)nc(-c3ccccc3)n2)c1. The van der Waals surface area contributed by atoms with Gasteiger partial charge in [0.05, 0.1) is 25.3 Å². The molecule has 0 amide bonds. The van der Waals surface area contributed by atoms with Gasteiger partial charge in [-0.3, -0.25) is 0 Å². The maximum atomic E-state index is 10.0. The Morgan fingerprint density at radius 2 is 0.732 bits per heavy atom. The number of fused-ring (bicyclic) bond motifs is 3. The van der Waals surface area contributed by atoms with Gasteiger partial charge in [0.1, 0.15) is 0 Å². The molecule has 380 valence electrons. The Balaban J connectivity index is 1.10. The van der Waals surface area contributed by atoms with E-state index in [4.69, 9.17) is 28.1 Å². The summed E-state index contributed by atoms with van der Waals surface area (Å²) in [5, 5.41) is 21.9. The molecule has 2 heterocycles. The fraction of sp³-hybridized carbons (Fsp3) is 0. The molecule has 0 unspecified atom stereocenters. The van der Waals surface area contributed by atoms with Gasteiger partial charge < -0.3 is 0 Å². The summed E-state index contributed by atoms with van der Waals surface area (Å²) < 4.78 is 7.52. The molecule has 0 atom stereocenters. The summed E-state index contributed by atoms with van der Waals surface area (Å²) in [7, 11) is 0. The Bertz CT molecular complexity index is 4430. The minimum Gasteiger partial charge on any atom is -0.0486 e. The molecule has 0 bridgehead atoms. The van der Waals surface area contributed by atoms with Gasteiger partial charge in [0, 0.05) is 11.1 Å². The molecule has 0 aliphatic heterocycles.